The summed E-state index contributed by atoms with van der Waals surface area (Å²) in [5.74, 6) is -1.83. The number of halogens is 1. The lowest BCUT2D eigenvalue weighted by Gasteiger charge is -2.07. The van der Waals surface area contributed by atoms with E-state index in [1.165, 1.54) is 12.3 Å². The zero-order valence-corrected chi connectivity index (χ0v) is 11.7. The van der Waals surface area contributed by atoms with Crippen molar-refractivity contribution in [2.45, 2.75) is 12.0 Å². The van der Waals surface area contributed by atoms with E-state index in [4.69, 9.17) is 21.1 Å². The lowest BCUT2D eigenvalue weighted by atomic mass is 10.3. The number of pyridine rings is 1. The van der Waals surface area contributed by atoms with E-state index in [9.17, 15) is 13.2 Å². The molecule has 0 aliphatic carbocycles. The van der Waals surface area contributed by atoms with Crippen molar-refractivity contribution in [2.24, 2.45) is 0 Å². The Morgan fingerprint density at radius 3 is 2.75 bits per heavy atom. The molecule has 0 amide bonds. The first kappa shape index (κ1) is 14.4. The number of aromatic nitrogens is 1. The molecule has 2 aromatic rings. The molecule has 0 saturated carbocycles. The van der Waals surface area contributed by atoms with Crippen molar-refractivity contribution in [2.75, 3.05) is 4.72 Å². The summed E-state index contributed by atoms with van der Waals surface area (Å²) in [6.07, 6.45) is 1.48. The van der Waals surface area contributed by atoms with Gasteiger partial charge in [-0.3, -0.25) is 4.72 Å². The van der Waals surface area contributed by atoms with Crippen molar-refractivity contribution in [1.29, 1.82) is 0 Å². The predicted molar refractivity (Wildman–Crippen MR) is 70.5 cm³/mol. The van der Waals surface area contributed by atoms with Gasteiger partial charge in [-0.15, -0.1) is 0 Å². The molecule has 0 bridgehead atoms. The maximum Gasteiger partial charge on any atom is 0.371 e. The molecule has 0 atom stereocenters. The summed E-state index contributed by atoms with van der Waals surface area (Å²) in [5.41, 5.74) is 0.790. The number of nitrogens with one attached hydrogen (secondary N) is 1. The third-order valence-electron chi connectivity index (χ3n) is 2.28. The van der Waals surface area contributed by atoms with Crippen molar-refractivity contribution >= 4 is 33.3 Å². The van der Waals surface area contributed by atoms with Crippen LogP contribution in [0.15, 0.2) is 33.9 Å². The lowest BCUT2D eigenvalue weighted by Crippen LogP contribution is -2.13. The molecule has 0 fully saturated rings. The number of furan rings is 1. The summed E-state index contributed by atoms with van der Waals surface area (Å²) in [5, 5.41) is 8.15. The maximum absolute atomic E-state index is 12.0. The van der Waals surface area contributed by atoms with Gasteiger partial charge in [0.05, 0.1) is 5.69 Å². The normalized spacial score (nSPS) is 11.3. The van der Waals surface area contributed by atoms with Crippen LogP contribution < -0.4 is 4.72 Å². The van der Waals surface area contributed by atoms with Crippen LogP contribution in [0.25, 0.3) is 0 Å². The second-order valence-corrected chi connectivity index (χ2v) is 5.85. The average molecular weight is 317 g/mol. The quantitative estimate of drug-likeness (QED) is 0.836. The van der Waals surface area contributed by atoms with Crippen molar-refractivity contribution in [3.05, 3.63) is 40.9 Å². The molecule has 106 valence electrons. The second-order valence-electron chi connectivity index (χ2n) is 3.88. The molecule has 2 aromatic heterocycles. The van der Waals surface area contributed by atoms with Crippen molar-refractivity contribution < 1.29 is 22.7 Å². The Labute approximate surface area is 119 Å². The van der Waals surface area contributed by atoms with Crippen LogP contribution in [0, 0.1) is 6.92 Å². The third-order valence-corrected chi connectivity index (χ3v) is 3.82. The number of rotatable bonds is 4. The Balaban J connectivity index is 2.35. The molecular weight excluding hydrogens is 308 g/mol. The zero-order chi connectivity index (χ0) is 14.9. The smallest absolute Gasteiger partial charge is 0.371 e. The van der Waals surface area contributed by atoms with E-state index in [0.717, 1.165) is 12.1 Å². The van der Waals surface area contributed by atoms with Crippen LogP contribution in [0.4, 0.5) is 5.69 Å². The summed E-state index contributed by atoms with van der Waals surface area (Å²) in [6.45, 7) is 1.72. The summed E-state index contributed by atoms with van der Waals surface area (Å²) < 4.78 is 31.0. The second kappa shape index (κ2) is 5.14. The van der Waals surface area contributed by atoms with E-state index in [1.807, 2.05) is 0 Å². The van der Waals surface area contributed by atoms with E-state index in [1.54, 1.807) is 6.92 Å². The van der Waals surface area contributed by atoms with Gasteiger partial charge in [-0.25, -0.2) is 9.78 Å². The molecule has 9 heteroatoms. The van der Waals surface area contributed by atoms with Gasteiger partial charge in [0.2, 0.25) is 10.9 Å². The van der Waals surface area contributed by atoms with Crippen LogP contribution in [0.2, 0.25) is 5.15 Å². The van der Waals surface area contributed by atoms with Crippen molar-refractivity contribution in [1.82, 2.24) is 4.98 Å². The van der Waals surface area contributed by atoms with E-state index in [2.05, 4.69) is 9.71 Å². The fraction of sp³-hybridized carbons (Fsp3) is 0.0909. The molecule has 0 radical (unpaired) electrons. The number of nitrogens with zero attached hydrogens (tertiary/aromatic N) is 1. The first-order valence-corrected chi connectivity index (χ1v) is 7.14. The number of aryl methyl sites for hydroxylation is 1. The Hall–Kier alpha value is -2.06. The molecule has 0 unspecified atom stereocenters. The molecule has 0 aromatic carbocycles. The van der Waals surface area contributed by atoms with E-state index in [0.29, 0.717) is 5.56 Å². The molecule has 2 rings (SSSR count). The molecule has 0 spiro atoms. The van der Waals surface area contributed by atoms with E-state index < -0.39 is 26.8 Å². The summed E-state index contributed by atoms with van der Waals surface area (Å²) in [4.78, 5) is 14.5. The number of sulfonamides is 1. The highest BCUT2D eigenvalue weighted by Crippen LogP contribution is 2.24. The molecular formula is C11H9ClN2O5S. The van der Waals surface area contributed by atoms with Gasteiger partial charge in [0.1, 0.15) is 0 Å². The van der Waals surface area contributed by atoms with E-state index >= 15 is 0 Å². The SMILES string of the molecule is Cc1cnc(Cl)c(NS(=O)(=O)c2ccc(C(=O)O)o2)c1. The number of carbonyl (C=O) groups is 1. The van der Waals surface area contributed by atoms with Crippen LogP contribution in [-0.2, 0) is 10.0 Å². The molecule has 0 saturated heterocycles. The number of aromatic carboxylic acids is 1. The number of hydrogen-bond donors (Lipinski definition) is 2. The van der Waals surface area contributed by atoms with Crippen LogP contribution in [0.3, 0.4) is 0 Å². The fourth-order valence-corrected chi connectivity index (χ4v) is 2.60. The standard InChI is InChI=1S/C11H9ClN2O5S/c1-6-4-7(10(12)13-5-6)14-20(17,18)9-3-2-8(19-9)11(15)16/h2-5,14H,1H3,(H,15,16). The minimum absolute atomic E-state index is 0.0239. The Bertz CT molecular complexity index is 769. The molecule has 0 aliphatic rings. The Morgan fingerprint density at radius 2 is 2.15 bits per heavy atom. The number of hydrogen-bond acceptors (Lipinski definition) is 5. The summed E-state index contributed by atoms with van der Waals surface area (Å²) >= 11 is 5.78. The first-order valence-electron chi connectivity index (χ1n) is 5.28. The topological polar surface area (TPSA) is 110 Å². The zero-order valence-electron chi connectivity index (χ0n) is 10.1. The van der Waals surface area contributed by atoms with Crippen molar-refractivity contribution in [3.8, 4) is 0 Å². The number of carboxylic acid groups (broad SMARTS) is 1. The lowest BCUT2D eigenvalue weighted by molar-refractivity contribution is 0.0656. The number of carboxylic acids is 1. The monoisotopic (exact) mass is 316 g/mol. The minimum Gasteiger partial charge on any atom is -0.475 e. The van der Waals surface area contributed by atoms with Crippen LogP contribution >= 0.6 is 11.6 Å². The molecule has 2 heterocycles. The van der Waals surface area contributed by atoms with Crippen LogP contribution in [-0.4, -0.2) is 24.5 Å². The predicted octanol–water partition coefficient (Wildman–Crippen LogP) is 2.14. The molecule has 20 heavy (non-hydrogen) atoms. The van der Waals surface area contributed by atoms with Gasteiger partial charge < -0.3 is 9.52 Å². The first-order chi connectivity index (χ1) is 9.29. The van der Waals surface area contributed by atoms with Crippen LogP contribution in [0.1, 0.15) is 16.1 Å². The maximum atomic E-state index is 12.0. The van der Waals surface area contributed by atoms with Gasteiger partial charge >= 0.3 is 5.97 Å². The Morgan fingerprint density at radius 1 is 1.45 bits per heavy atom. The molecule has 0 aliphatic heterocycles. The van der Waals surface area contributed by atoms with Crippen LogP contribution in [0.5, 0.6) is 0 Å². The summed E-state index contributed by atoms with van der Waals surface area (Å²) in [6, 6.07) is 3.59. The van der Waals surface area contributed by atoms with Crippen molar-refractivity contribution in [3.63, 3.8) is 0 Å². The fourth-order valence-electron chi connectivity index (χ4n) is 1.40. The molecule has 7 nitrogen and oxygen atoms in total. The highest BCUT2D eigenvalue weighted by molar-refractivity contribution is 7.92. The third kappa shape index (κ3) is 2.91. The summed E-state index contributed by atoms with van der Waals surface area (Å²) in [7, 11) is -4.07. The Kier molecular flexibility index (Phi) is 3.69. The van der Waals surface area contributed by atoms with Gasteiger partial charge in [0.25, 0.3) is 10.0 Å². The largest absolute Gasteiger partial charge is 0.475 e. The van der Waals surface area contributed by atoms with Gasteiger partial charge in [-0.2, -0.15) is 8.42 Å². The molecule has 2 N–H and O–H groups in total. The van der Waals surface area contributed by atoms with E-state index in [-0.39, 0.29) is 10.8 Å². The number of anilines is 1. The van der Waals surface area contributed by atoms with Gasteiger partial charge in [0.15, 0.2) is 5.15 Å². The average Bonchev–Trinajstić information content (AvgIpc) is 2.84. The van der Waals surface area contributed by atoms with Gasteiger partial charge in [0, 0.05) is 6.20 Å². The highest BCUT2D eigenvalue weighted by Gasteiger charge is 2.22. The van der Waals surface area contributed by atoms with Gasteiger partial charge in [-0.05, 0) is 30.7 Å². The highest BCUT2D eigenvalue weighted by atomic mass is 35.5. The minimum atomic E-state index is -4.07. The van der Waals surface area contributed by atoms with Gasteiger partial charge in [-0.1, -0.05) is 11.6 Å².